The molecule has 2 aromatic carbocycles. The van der Waals surface area contributed by atoms with E-state index >= 15 is 0 Å². The number of fused-ring (bicyclic) bond motifs is 1. The van der Waals surface area contributed by atoms with Crippen LogP contribution < -0.4 is 5.32 Å². The molecule has 0 fully saturated rings. The monoisotopic (exact) mass is 430 g/mol. The summed E-state index contributed by atoms with van der Waals surface area (Å²) in [5.41, 5.74) is -0.950. The summed E-state index contributed by atoms with van der Waals surface area (Å²) in [4.78, 5) is 25.6. The number of rotatable bonds is 3. The van der Waals surface area contributed by atoms with Gasteiger partial charge < -0.3 is 5.32 Å². The van der Waals surface area contributed by atoms with Crippen molar-refractivity contribution < 1.29 is 35.9 Å². The standard InChI is InChI=1S/C20H16F6N2O2/c21-19(22,23)14-4-1-12(2-5-14)7-9-27-18(30)28-10-8-13-3-6-15(20(24,25)26)11-16(13)17(28)29/h1-6,11H,7-10H2,(H,27,30). The van der Waals surface area contributed by atoms with Gasteiger partial charge in [-0.25, -0.2) is 4.79 Å². The normalized spacial score (nSPS) is 14.5. The molecule has 1 heterocycles. The summed E-state index contributed by atoms with van der Waals surface area (Å²) < 4.78 is 76.4. The predicted molar refractivity (Wildman–Crippen MR) is 94.7 cm³/mol. The van der Waals surface area contributed by atoms with Crippen LogP contribution >= 0.6 is 0 Å². The van der Waals surface area contributed by atoms with Crippen LogP contribution in [0.3, 0.4) is 0 Å². The van der Waals surface area contributed by atoms with Crippen molar-refractivity contribution in [3.05, 3.63) is 70.3 Å². The second-order valence-corrected chi connectivity index (χ2v) is 6.75. The number of imide groups is 1. The topological polar surface area (TPSA) is 49.4 Å². The fourth-order valence-corrected chi connectivity index (χ4v) is 3.11. The molecule has 1 aliphatic rings. The van der Waals surface area contributed by atoms with Crippen molar-refractivity contribution in [1.82, 2.24) is 10.2 Å². The van der Waals surface area contributed by atoms with E-state index in [1.54, 1.807) is 0 Å². The number of nitrogens with zero attached hydrogens (tertiary/aromatic N) is 1. The van der Waals surface area contributed by atoms with Crippen LogP contribution in [0.2, 0.25) is 0 Å². The number of benzene rings is 2. The molecule has 30 heavy (non-hydrogen) atoms. The number of carbonyl (C=O) groups excluding carboxylic acids is 2. The van der Waals surface area contributed by atoms with Crippen molar-refractivity contribution in [2.24, 2.45) is 0 Å². The van der Waals surface area contributed by atoms with E-state index in [-0.39, 0.29) is 31.5 Å². The van der Waals surface area contributed by atoms with Gasteiger partial charge in [0.25, 0.3) is 5.91 Å². The van der Waals surface area contributed by atoms with E-state index in [0.717, 1.165) is 29.2 Å². The van der Waals surface area contributed by atoms with Crippen molar-refractivity contribution in [2.75, 3.05) is 13.1 Å². The number of halogens is 6. The highest BCUT2D eigenvalue weighted by molar-refractivity contribution is 6.06. The number of hydrogen-bond acceptors (Lipinski definition) is 2. The van der Waals surface area contributed by atoms with Gasteiger partial charge in [0.05, 0.1) is 11.1 Å². The van der Waals surface area contributed by atoms with E-state index in [9.17, 15) is 35.9 Å². The number of hydrogen-bond donors (Lipinski definition) is 1. The smallest absolute Gasteiger partial charge is 0.337 e. The lowest BCUT2D eigenvalue weighted by molar-refractivity contribution is -0.138. The quantitative estimate of drug-likeness (QED) is 0.720. The molecule has 0 radical (unpaired) electrons. The number of urea groups is 1. The molecule has 160 valence electrons. The molecule has 2 aromatic rings. The number of alkyl halides is 6. The SMILES string of the molecule is O=C(NCCc1ccc(C(F)(F)F)cc1)N1CCc2ccc(C(F)(F)F)cc2C1=O. The molecule has 0 saturated carbocycles. The third-order valence-corrected chi connectivity index (χ3v) is 4.73. The first-order valence-electron chi connectivity index (χ1n) is 8.93. The molecule has 0 aliphatic carbocycles. The molecule has 3 amide bonds. The van der Waals surface area contributed by atoms with Gasteiger partial charge in [0.15, 0.2) is 0 Å². The van der Waals surface area contributed by atoms with Crippen LogP contribution in [0.25, 0.3) is 0 Å². The maximum absolute atomic E-state index is 12.9. The first-order chi connectivity index (χ1) is 14.0. The minimum absolute atomic E-state index is 0.0172. The van der Waals surface area contributed by atoms with Crippen molar-refractivity contribution in [3.63, 3.8) is 0 Å². The third-order valence-electron chi connectivity index (χ3n) is 4.73. The van der Waals surface area contributed by atoms with E-state index < -0.39 is 35.4 Å². The predicted octanol–water partition coefficient (Wildman–Crippen LogP) is 4.67. The largest absolute Gasteiger partial charge is 0.416 e. The highest BCUT2D eigenvalue weighted by Gasteiger charge is 2.35. The zero-order chi connectivity index (χ0) is 22.1. The van der Waals surface area contributed by atoms with Crippen molar-refractivity contribution in [3.8, 4) is 0 Å². The lowest BCUT2D eigenvalue weighted by Gasteiger charge is -2.27. The second kappa shape index (κ2) is 8.00. The molecule has 1 aliphatic heterocycles. The average Bonchev–Trinajstić information content (AvgIpc) is 2.67. The first-order valence-corrected chi connectivity index (χ1v) is 8.93. The Labute approximate surface area is 167 Å². The van der Waals surface area contributed by atoms with E-state index in [0.29, 0.717) is 11.1 Å². The zero-order valence-electron chi connectivity index (χ0n) is 15.4. The van der Waals surface area contributed by atoms with Gasteiger partial charge in [0.1, 0.15) is 0 Å². The molecule has 4 nitrogen and oxygen atoms in total. The maximum atomic E-state index is 12.9. The van der Waals surface area contributed by atoms with Crippen LogP contribution in [-0.4, -0.2) is 29.9 Å². The fourth-order valence-electron chi connectivity index (χ4n) is 3.11. The molecule has 0 spiro atoms. The Morgan fingerprint density at radius 1 is 0.933 bits per heavy atom. The van der Waals surface area contributed by atoms with Gasteiger partial charge in [-0.1, -0.05) is 18.2 Å². The minimum atomic E-state index is -4.61. The Bertz CT molecular complexity index is 951. The van der Waals surface area contributed by atoms with Crippen LogP contribution in [0.1, 0.15) is 32.6 Å². The van der Waals surface area contributed by atoms with E-state index in [1.807, 2.05) is 0 Å². The van der Waals surface area contributed by atoms with Gasteiger partial charge in [-0.2, -0.15) is 26.3 Å². The minimum Gasteiger partial charge on any atom is -0.337 e. The summed E-state index contributed by atoms with van der Waals surface area (Å²) in [6.45, 7) is 0.0622. The molecule has 10 heteroatoms. The summed E-state index contributed by atoms with van der Waals surface area (Å²) in [5, 5.41) is 2.47. The molecule has 0 atom stereocenters. The van der Waals surface area contributed by atoms with Gasteiger partial charge in [0.2, 0.25) is 0 Å². The Morgan fingerprint density at radius 3 is 2.13 bits per heavy atom. The summed E-state index contributed by atoms with van der Waals surface area (Å²) in [7, 11) is 0. The molecule has 3 rings (SSSR count). The van der Waals surface area contributed by atoms with Gasteiger partial charge in [-0.3, -0.25) is 9.69 Å². The lowest BCUT2D eigenvalue weighted by Crippen LogP contribution is -2.47. The zero-order valence-corrected chi connectivity index (χ0v) is 15.4. The van der Waals surface area contributed by atoms with E-state index in [2.05, 4.69) is 5.32 Å². The van der Waals surface area contributed by atoms with Crippen LogP contribution in [0.4, 0.5) is 31.1 Å². The number of nitrogens with one attached hydrogen (secondary N) is 1. The van der Waals surface area contributed by atoms with Gasteiger partial charge in [-0.15, -0.1) is 0 Å². The average molecular weight is 430 g/mol. The van der Waals surface area contributed by atoms with E-state index in [1.165, 1.54) is 18.2 Å². The van der Waals surface area contributed by atoms with E-state index in [4.69, 9.17) is 0 Å². The summed E-state index contributed by atoms with van der Waals surface area (Å²) >= 11 is 0. The molecule has 0 aromatic heterocycles. The molecule has 0 saturated heterocycles. The third kappa shape index (κ3) is 4.74. The van der Waals surface area contributed by atoms with Crippen molar-refractivity contribution in [2.45, 2.75) is 25.2 Å². The molecule has 1 N–H and O–H groups in total. The Balaban J connectivity index is 1.61. The summed E-state index contributed by atoms with van der Waals surface area (Å²) in [6, 6.07) is 6.53. The van der Waals surface area contributed by atoms with Crippen molar-refractivity contribution in [1.29, 1.82) is 0 Å². The van der Waals surface area contributed by atoms with Crippen LogP contribution in [0, 0.1) is 0 Å². The first kappa shape index (κ1) is 21.7. The molecular weight excluding hydrogens is 414 g/mol. The van der Waals surface area contributed by atoms with Crippen LogP contribution in [0.5, 0.6) is 0 Å². The Kier molecular flexibility index (Phi) is 5.78. The highest BCUT2D eigenvalue weighted by atomic mass is 19.4. The Hall–Kier alpha value is -3.04. The number of carbonyl (C=O) groups is 2. The molecular formula is C20H16F6N2O2. The molecule has 0 unspecified atom stereocenters. The second-order valence-electron chi connectivity index (χ2n) is 6.75. The maximum Gasteiger partial charge on any atom is 0.416 e. The highest BCUT2D eigenvalue weighted by Crippen LogP contribution is 2.32. The number of amides is 3. The van der Waals surface area contributed by atoms with Gasteiger partial charge in [0, 0.05) is 18.7 Å². The Morgan fingerprint density at radius 2 is 1.53 bits per heavy atom. The van der Waals surface area contributed by atoms with Gasteiger partial charge >= 0.3 is 18.4 Å². The van der Waals surface area contributed by atoms with Gasteiger partial charge in [-0.05, 0) is 48.2 Å². The molecule has 0 bridgehead atoms. The van der Waals surface area contributed by atoms with Crippen LogP contribution in [-0.2, 0) is 25.2 Å². The summed E-state index contributed by atoms with van der Waals surface area (Å²) in [5.74, 6) is -0.825. The summed E-state index contributed by atoms with van der Waals surface area (Å²) in [6.07, 6.45) is -8.60. The van der Waals surface area contributed by atoms with Crippen LogP contribution in [0.15, 0.2) is 42.5 Å². The van der Waals surface area contributed by atoms with Crippen molar-refractivity contribution >= 4 is 11.9 Å². The lowest BCUT2D eigenvalue weighted by atomic mass is 9.96. The fraction of sp³-hybridized carbons (Fsp3) is 0.300.